The van der Waals surface area contributed by atoms with Gasteiger partial charge >= 0.3 is 0 Å². The number of aliphatic hydroxyl groups is 1. The van der Waals surface area contributed by atoms with Gasteiger partial charge in [0.25, 0.3) is 0 Å². The van der Waals surface area contributed by atoms with Gasteiger partial charge in [-0.15, -0.1) is 0 Å². The average Bonchev–Trinajstić information content (AvgIpc) is 2.79. The van der Waals surface area contributed by atoms with Crippen molar-refractivity contribution in [2.45, 2.75) is 50.2 Å². The number of carbonyl (C=O) groups excluding carboxylic acids is 1. The number of hydrogen-bond donors (Lipinski definition) is 1. The van der Waals surface area contributed by atoms with Gasteiger partial charge in [-0.25, -0.2) is 8.42 Å². The van der Waals surface area contributed by atoms with Gasteiger partial charge in [-0.3, -0.25) is 4.79 Å². The second kappa shape index (κ2) is 10.1. The summed E-state index contributed by atoms with van der Waals surface area (Å²) in [6.07, 6.45) is 2.53. The summed E-state index contributed by atoms with van der Waals surface area (Å²) in [7, 11) is -2.10. The van der Waals surface area contributed by atoms with Gasteiger partial charge in [0.05, 0.1) is 13.2 Å². The molecule has 1 saturated carbocycles. The number of amides is 1. The molecule has 1 fully saturated rings. The van der Waals surface area contributed by atoms with Crippen LogP contribution in [-0.4, -0.2) is 67.5 Å². The molecule has 0 spiro atoms. The maximum Gasteiger partial charge on any atom is 0.247 e. The zero-order chi connectivity index (χ0) is 24.5. The Morgan fingerprint density at radius 1 is 1.18 bits per heavy atom. The lowest BCUT2D eigenvalue weighted by atomic mass is 9.84. The third-order valence-electron chi connectivity index (χ3n) is 7.06. The summed E-state index contributed by atoms with van der Waals surface area (Å²) >= 11 is 0. The zero-order valence-electron chi connectivity index (χ0n) is 20.1. The van der Waals surface area contributed by atoms with E-state index in [4.69, 9.17) is 4.74 Å². The highest BCUT2D eigenvalue weighted by Crippen LogP contribution is 2.37. The van der Waals surface area contributed by atoms with Gasteiger partial charge in [-0.05, 0) is 43.0 Å². The highest BCUT2D eigenvalue weighted by atomic mass is 32.2. The molecule has 0 bridgehead atoms. The Balaban J connectivity index is 1.74. The van der Waals surface area contributed by atoms with Crippen LogP contribution in [0.25, 0.3) is 11.1 Å². The molecule has 4 rings (SSSR count). The number of likely N-dealkylation sites (N-methyl/N-ethyl adjacent to an activating group) is 1. The van der Waals surface area contributed by atoms with E-state index in [0.717, 1.165) is 30.4 Å². The first kappa shape index (κ1) is 24.7. The molecule has 184 valence electrons. The number of sulfonamides is 1. The summed E-state index contributed by atoms with van der Waals surface area (Å²) in [5.41, 5.74) is 1.80. The molecule has 0 aromatic heterocycles. The summed E-state index contributed by atoms with van der Waals surface area (Å²) in [5, 5.41) is 9.80. The minimum absolute atomic E-state index is 0.0807. The van der Waals surface area contributed by atoms with Crippen molar-refractivity contribution in [1.82, 2.24) is 9.21 Å². The first-order valence-corrected chi connectivity index (χ1v) is 13.4. The maximum absolute atomic E-state index is 13.6. The van der Waals surface area contributed by atoms with Crippen molar-refractivity contribution in [3.63, 3.8) is 0 Å². The van der Waals surface area contributed by atoms with Crippen molar-refractivity contribution in [3.8, 4) is 16.9 Å². The molecule has 3 atom stereocenters. The van der Waals surface area contributed by atoms with E-state index in [1.54, 1.807) is 37.1 Å². The monoisotopic (exact) mass is 486 g/mol. The summed E-state index contributed by atoms with van der Waals surface area (Å²) in [4.78, 5) is 14.6. The van der Waals surface area contributed by atoms with Crippen LogP contribution in [0.5, 0.6) is 5.75 Å². The summed E-state index contributed by atoms with van der Waals surface area (Å²) < 4.78 is 35.0. The molecule has 7 nitrogen and oxygen atoms in total. The molecule has 1 aliphatic heterocycles. The minimum Gasteiger partial charge on any atom is -0.487 e. The molecule has 8 heteroatoms. The van der Waals surface area contributed by atoms with Gasteiger partial charge in [-0.1, -0.05) is 49.7 Å². The van der Waals surface area contributed by atoms with Gasteiger partial charge in [0, 0.05) is 31.5 Å². The Morgan fingerprint density at radius 2 is 1.88 bits per heavy atom. The van der Waals surface area contributed by atoms with Crippen LogP contribution in [-0.2, 0) is 14.8 Å². The van der Waals surface area contributed by atoms with Crippen LogP contribution < -0.4 is 4.74 Å². The third-order valence-corrected chi connectivity index (χ3v) is 9.08. The summed E-state index contributed by atoms with van der Waals surface area (Å²) in [6.45, 7) is 3.92. The Kier molecular flexibility index (Phi) is 7.31. The van der Waals surface area contributed by atoms with E-state index in [9.17, 15) is 18.3 Å². The molecule has 34 heavy (non-hydrogen) atoms. The molecule has 1 aliphatic carbocycles. The van der Waals surface area contributed by atoms with Crippen LogP contribution >= 0.6 is 0 Å². The second-order valence-electron chi connectivity index (χ2n) is 9.61. The first-order valence-electron chi connectivity index (χ1n) is 12.0. The Morgan fingerprint density at radius 3 is 2.50 bits per heavy atom. The van der Waals surface area contributed by atoms with E-state index >= 15 is 0 Å². The average molecular weight is 487 g/mol. The number of aliphatic hydroxyl groups excluding tert-OH is 1. The van der Waals surface area contributed by atoms with Crippen LogP contribution in [0.15, 0.2) is 53.4 Å². The quantitative estimate of drug-likeness (QED) is 0.676. The Bertz CT molecular complexity index is 1120. The van der Waals surface area contributed by atoms with Crippen LogP contribution in [0, 0.1) is 11.8 Å². The lowest BCUT2D eigenvalue weighted by molar-refractivity contribution is -0.138. The Labute approximate surface area is 202 Å². The molecule has 2 aromatic rings. The van der Waals surface area contributed by atoms with Crippen molar-refractivity contribution < 1.29 is 23.1 Å². The number of hydrogen-bond acceptors (Lipinski definition) is 5. The molecule has 2 aromatic carbocycles. The molecule has 1 heterocycles. The first-order chi connectivity index (χ1) is 16.2. The molecule has 0 unspecified atom stereocenters. The van der Waals surface area contributed by atoms with Crippen molar-refractivity contribution in [2.75, 3.05) is 26.7 Å². The van der Waals surface area contributed by atoms with E-state index in [-0.39, 0.29) is 41.5 Å². The molecule has 1 amide bonds. The van der Waals surface area contributed by atoms with Crippen molar-refractivity contribution in [3.05, 3.63) is 48.5 Å². The number of nitrogens with zero attached hydrogens (tertiary/aromatic N) is 2. The highest BCUT2D eigenvalue weighted by Gasteiger charge is 2.39. The number of rotatable bonds is 6. The van der Waals surface area contributed by atoms with Gasteiger partial charge < -0.3 is 14.7 Å². The predicted octanol–water partition coefficient (Wildman–Crippen LogP) is 3.38. The lowest BCUT2D eigenvalue weighted by Crippen LogP contribution is -2.50. The topological polar surface area (TPSA) is 87.2 Å². The highest BCUT2D eigenvalue weighted by molar-refractivity contribution is 7.89. The SMILES string of the molecule is C[C@@H]1CN([C@@H](C)CO)S(=O)(=O)c2ccc(-c3ccccc3)cc2O[C@@H]1CN(C)C(=O)C1CCC1. The standard InChI is InChI=1S/C26H34N2O5S/c1-18-15-28(19(2)17-29)34(31,32)25-13-12-22(20-8-5-4-6-9-20)14-23(25)33-24(18)16-27(3)26(30)21-10-7-11-21/h4-6,8-9,12-14,18-19,21,24,29H,7,10-11,15-17H2,1-3H3/t18-,19+,24-/m1/s1. The normalized spacial score (nSPS) is 23.5. The minimum atomic E-state index is -3.89. The molecule has 0 saturated heterocycles. The number of ether oxygens (including phenoxy) is 1. The molecular weight excluding hydrogens is 452 g/mol. The van der Waals surface area contributed by atoms with Crippen molar-refractivity contribution in [1.29, 1.82) is 0 Å². The molecule has 0 radical (unpaired) electrons. The van der Waals surface area contributed by atoms with E-state index in [1.807, 2.05) is 37.3 Å². The number of fused-ring (bicyclic) bond motifs is 1. The molecule has 1 N–H and O–H groups in total. The van der Waals surface area contributed by atoms with Crippen LogP contribution in [0.4, 0.5) is 0 Å². The van der Waals surface area contributed by atoms with E-state index < -0.39 is 22.2 Å². The fourth-order valence-electron chi connectivity index (χ4n) is 4.58. The summed E-state index contributed by atoms with van der Waals surface area (Å²) in [6, 6.07) is 14.3. The third kappa shape index (κ3) is 4.85. The fraction of sp³-hybridized carbons (Fsp3) is 0.500. The number of benzene rings is 2. The van der Waals surface area contributed by atoms with E-state index in [2.05, 4.69) is 0 Å². The Hall–Kier alpha value is -2.42. The smallest absolute Gasteiger partial charge is 0.247 e. The largest absolute Gasteiger partial charge is 0.487 e. The van der Waals surface area contributed by atoms with Gasteiger partial charge in [0.2, 0.25) is 15.9 Å². The van der Waals surface area contributed by atoms with Crippen molar-refractivity contribution in [2.24, 2.45) is 11.8 Å². The van der Waals surface area contributed by atoms with Crippen LogP contribution in [0.1, 0.15) is 33.1 Å². The maximum atomic E-state index is 13.6. The second-order valence-corrected chi connectivity index (χ2v) is 11.5. The van der Waals surface area contributed by atoms with E-state index in [1.165, 1.54) is 4.31 Å². The molecule has 2 aliphatic rings. The van der Waals surface area contributed by atoms with E-state index in [0.29, 0.717) is 6.54 Å². The predicted molar refractivity (Wildman–Crippen MR) is 131 cm³/mol. The van der Waals surface area contributed by atoms with Crippen LogP contribution in [0.3, 0.4) is 0 Å². The van der Waals surface area contributed by atoms with Crippen LogP contribution in [0.2, 0.25) is 0 Å². The fourth-order valence-corrected chi connectivity index (χ4v) is 6.41. The lowest BCUT2D eigenvalue weighted by Gasteiger charge is -2.38. The van der Waals surface area contributed by atoms with Gasteiger partial charge in [-0.2, -0.15) is 4.31 Å². The molecular formula is C26H34N2O5S. The summed E-state index contributed by atoms with van der Waals surface area (Å²) in [5.74, 6) is 0.277. The van der Waals surface area contributed by atoms with Crippen molar-refractivity contribution >= 4 is 15.9 Å². The van der Waals surface area contributed by atoms with Gasteiger partial charge in [0.1, 0.15) is 16.7 Å². The number of carbonyl (C=O) groups is 1. The van der Waals surface area contributed by atoms with Gasteiger partial charge in [0.15, 0.2) is 0 Å². The zero-order valence-corrected chi connectivity index (χ0v) is 20.9.